The maximum atomic E-state index is 13.9. The average Bonchev–Trinajstić information content (AvgIpc) is 3.40. The SMILES string of the molecule is O=S(=O)(CCCO)NC1(c2ccc(F)c(OCC3CC3)c2)CC1. The van der Waals surface area contributed by atoms with Crippen molar-refractivity contribution in [3.63, 3.8) is 0 Å². The first-order valence-electron chi connectivity index (χ1n) is 7.99. The topological polar surface area (TPSA) is 75.6 Å². The Hall–Kier alpha value is -1.18. The van der Waals surface area contributed by atoms with Gasteiger partial charge in [-0.2, -0.15) is 0 Å². The molecule has 1 aromatic rings. The van der Waals surface area contributed by atoms with Gasteiger partial charge >= 0.3 is 0 Å². The van der Waals surface area contributed by atoms with Gasteiger partial charge in [0.2, 0.25) is 10.0 Å². The summed E-state index contributed by atoms with van der Waals surface area (Å²) in [6.45, 7) is 0.346. The predicted molar refractivity (Wildman–Crippen MR) is 84.2 cm³/mol. The van der Waals surface area contributed by atoms with Crippen LogP contribution in [0.15, 0.2) is 18.2 Å². The Labute approximate surface area is 135 Å². The fraction of sp³-hybridized carbons (Fsp3) is 0.625. The zero-order valence-corrected chi connectivity index (χ0v) is 13.7. The van der Waals surface area contributed by atoms with E-state index < -0.39 is 21.4 Å². The van der Waals surface area contributed by atoms with E-state index in [1.165, 1.54) is 6.07 Å². The Bertz CT molecular complexity index is 669. The quantitative estimate of drug-likeness (QED) is 0.718. The second-order valence-electron chi connectivity index (χ2n) is 6.48. The molecule has 7 heteroatoms. The minimum atomic E-state index is -3.47. The highest BCUT2D eigenvalue weighted by Gasteiger charge is 2.47. The maximum Gasteiger partial charge on any atom is 0.212 e. The molecular formula is C16H22FNO4S. The van der Waals surface area contributed by atoms with Crippen molar-refractivity contribution < 1.29 is 22.7 Å². The molecule has 0 spiro atoms. The number of halogens is 1. The van der Waals surface area contributed by atoms with Crippen molar-refractivity contribution in [3.05, 3.63) is 29.6 Å². The molecule has 2 N–H and O–H groups in total. The van der Waals surface area contributed by atoms with E-state index in [1.807, 2.05) is 0 Å². The number of sulfonamides is 1. The lowest BCUT2D eigenvalue weighted by Gasteiger charge is -2.19. The van der Waals surface area contributed by atoms with Gasteiger partial charge in [-0.3, -0.25) is 0 Å². The van der Waals surface area contributed by atoms with Crippen molar-refractivity contribution in [2.24, 2.45) is 5.92 Å². The van der Waals surface area contributed by atoms with Crippen molar-refractivity contribution in [1.82, 2.24) is 4.72 Å². The zero-order valence-electron chi connectivity index (χ0n) is 12.9. The van der Waals surface area contributed by atoms with E-state index in [0.717, 1.165) is 18.4 Å². The van der Waals surface area contributed by atoms with Crippen LogP contribution >= 0.6 is 0 Å². The fourth-order valence-corrected chi connectivity index (χ4v) is 4.11. The van der Waals surface area contributed by atoms with E-state index in [-0.39, 0.29) is 24.5 Å². The molecular weight excluding hydrogens is 321 g/mol. The van der Waals surface area contributed by atoms with Gasteiger partial charge in [-0.15, -0.1) is 0 Å². The molecule has 1 aromatic carbocycles. The highest BCUT2D eigenvalue weighted by Crippen LogP contribution is 2.47. The summed E-state index contributed by atoms with van der Waals surface area (Å²) in [6.07, 6.45) is 3.80. The van der Waals surface area contributed by atoms with Gasteiger partial charge in [-0.05, 0) is 55.7 Å². The van der Waals surface area contributed by atoms with Gasteiger partial charge in [0.1, 0.15) is 0 Å². The summed E-state index contributed by atoms with van der Waals surface area (Å²) in [7, 11) is -3.47. The maximum absolute atomic E-state index is 13.9. The van der Waals surface area contributed by atoms with Crippen molar-refractivity contribution in [2.75, 3.05) is 19.0 Å². The molecule has 0 radical (unpaired) electrons. The van der Waals surface area contributed by atoms with Crippen LogP contribution < -0.4 is 9.46 Å². The van der Waals surface area contributed by atoms with Crippen LogP contribution in [0.2, 0.25) is 0 Å². The number of benzene rings is 1. The molecule has 0 aromatic heterocycles. The van der Waals surface area contributed by atoms with Crippen LogP contribution in [0.1, 0.15) is 37.7 Å². The molecule has 5 nitrogen and oxygen atoms in total. The predicted octanol–water partition coefficient (Wildman–Crippen LogP) is 1.91. The first-order chi connectivity index (χ1) is 10.9. The number of nitrogens with one attached hydrogen (secondary N) is 1. The van der Waals surface area contributed by atoms with Crippen molar-refractivity contribution in [3.8, 4) is 5.75 Å². The van der Waals surface area contributed by atoms with Crippen LogP contribution in [0.5, 0.6) is 5.75 Å². The van der Waals surface area contributed by atoms with Crippen molar-refractivity contribution >= 4 is 10.0 Å². The monoisotopic (exact) mass is 343 g/mol. The molecule has 3 rings (SSSR count). The van der Waals surface area contributed by atoms with E-state index in [9.17, 15) is 12.8 Å². The molecule has 0 bridgehead atoms. The van der Waals surface area contributed by atoms with E-state index in [4.69, 9.17) is 9.84 Å². The molecule has 128 valence electrons. The lowest BCUT2D eigenvalue weighted by Crippen LogP contribution is -2.36. The second-order valence-corrected chi connectivity index (χ2v) is 8.32. The number of rotatable bonds is 9. The van der Waals surface area contributed by atoms with Gasteiger partial charge in [-0.25, -0.2) is 17.5 Å². The fourth-order valence-electron chi connectivity index (χ4n) is 2.58. The van der Waals surface area contributed by atoms with E-state index in [0.29, 0.717) is 25.4 Å². The van der Waals surface area contributed by atoms with Crippen molar-refractivity contribution in [1.29, 1.82) is 0 Å². The third kappa shape index (κ3) is 4.22. The van der Waals surface area contributed by atoms with E-state index in [2.05, 4.69) is 4.72 Å². The zero-order chi connectivity index (χ0) is 16.5. The normalized spacial score (nSPS) is 19.6. The van der Waals surface area contributed by atoms with Crippen molar-refractivity contribution in [2.45, 2.75) is 37.6 Å². The lowest BCUT2D eigenvalue weighted by molar-refractivity contribution is 0.284. The molecule has 2 fully saturated rings. The van der Waals surface area contributed by atoms with Crippen LogP contribution in [0, 0.1) is 11.7 Å². The number of ether oxygens (including phenoxy) is 1. The van der Waals surface area contributed by atoms with Gasteiger partial charge in [-0.1, -0.05) is 6.07 Å². The molecule has 0 amide bonds. The molecule has 2 saturated carbocycles. The minimum Gasteiger partial charge on any atom is -0.490 e. The molecule has 0 aliphatic heterocycles. The Balaban J connectivity index is 1.73. The molecule has 0 saturated heterocycles. The van der Waals surface area contributed by atoms with Gasteiger partial charge in [0, 0.05) is 6.61 Å². The first kappa shape index (κ1) is 16.7. The number of aliphatic hydroxyl groups excluding tert-OH is 1. The molecule has 2 aliphatic carbocycles. The summed E-state index contributed by atoms with van der Waals surface area (Å²) in [4.78, 5) is 0. The summed E-state index contributed by atoms with van der Waals surface area (Å²) >= 11 is 0. The highest BCUT2D eigenvalue weighted by atomic mass is 32.2. The third-order valence-electron chi connectivity index (χ3n) is 4.33. The Morgan fingerprint density at radius 2 is 2.09 bits per heavy atom. The average molecular weight is 343 g/mol. The Morgan fingerprint density at radius 1 is 1.35 bits per heavy atom. The standard InChI is InChI=1S/C16H22FNO4S/c17-14-5-4-13(10-15(14)22-11-12-2-3-12)16(6-7-16)18-23(20,21)9-1-8-19/h4-5,10,12,18-19H,1-3,6-9,11H2. The number of hydrogen-bond acceptors (Lipinski definition) is 4. The van der Waals surface area contributed by atoms with Crippen LogP contribution in [0.3, 0.4) is 0 Å². The molecule has 0 atom stereocenters. The highest BCUT2D eigenvalue weighted by molar-refractivity contribution is 7.89. The molecule has 0 unspecified atom stereocenters. The molecule has 0 heterocycles. The summed E-state index contributed by atoms with van der Waals surface area (Å²) in [5.41, 5.74) is 0.0805. The van der Waals surface area contributed by atoms with Gasteiger partial charge < -0.3 is 9.84 Å². The first-order valence-corrected chi connectivity index (χ1v) is 9.65. The third-order valence-corrected chi connectivity index (χ3v) is 5.86. The Morgan fingerprint density at radius 3 is 2.70 bits per heavy atom. The summed E-state index contributed by atoms with van der Waals surface area (Å²) in [5.74, 6) is 0.172. The minimum absolute atomic E-state index is 0.114. The largest absolute Gasteiger partial charge is 0.490 e. The van der Waals surface area contributed by atoms with E-state index >= 15 is 0 Å². The van der Waals surface area contributed by atoms with Crippen LogP contribution in [0.25, 0.3) is 0 Å². The van der Waals surface area contributed by atoms with Crippen LogP contribution in [-0.2, 0) is 15.6 Å². The molecule has 23 heavy (non-hydrogen) atoms. The number of hydrogen-bond donors (Lipinski definition) is 2. The summed E-state index contributed by atoms with van der Waals surface area (Å²) < 4.78 is 46.2. The van der Waals surface area contributed by atoms with Gasteiger partial charge in [0.05, 0.1) is 17.9 Å². The smallest absolute Gasteiger partial charge is 0.212 e. The van der Waals surface area contributed by atoms with Gasteiger partial charge in [0.25, 0.3) is 0 Å². The summed E-state index contributed by atoms with van der Waals surface area (Å²) in [5, 5.41) is 8.79. The lowest BCUT2D eigenvalue weighted by atomic mass is 10.1. The Kier molecular flexibility index (Phi) is 4.62. The molecule has 2 aliphatic rings. The van der Waals surface area contributed by atoms with E-state index in [1.54, 1.807) is 12.1 Å². The van der Waals surface area contributed by atoms with Gasteiger partial charge in [0.15, 0.2) is 11.6 Å². The van der Waals surface area contributed by atoms with Crippen LogP contribution in [-0.4, -0.2) is 32.5 Å². The number of aliphatic hydroxyl groups is 1. The summed E-state index contributed by atoms with van der Waals surface area (Å²) in [6, 6.07) is 4.56. The van der Waals surface area contributed by atoms with Crippen LogP contribution in [0.4, 0.5) is 4.39 Å². The second kappa shape index (κ2) is 6.37.